The van der Waals surface area contributed by atoms with Crippen LogP contribution >= 0.6 is 56.8 Å². The normalized spacial score (nSPS) is 11.5. The quantitative estimate of drug-likeness (QED) is 0.127. The van der Waals surface area contributed by atoms with E-state index in [1.54, 1.807) is 12.3 Å². The molecule has 0 atom stereocenters. The molecule has 30 heavy (non-hydrogen) atoms. The topological polar surface area (TPSA) is 57.7 Å². The van der Waals surface area contributed by atoms with E-state index < -0.39 is 11.6 Å². The molecule has 5 nitrogen and oxygen atoms in total. The number of alkyl halides is 1. The van der Waals surface area contributed by atoms with Gasteiger partial charge >= 0.3 is 5.97 Å². The zero-order valence-corrected chi connectivity index (χ0v) is 21.5. The van der Waals surface area contributed by atoms with Gasteiger partial charge in [-0.2, -0.15) is 0 Å². The Kier molecular flexibility index (Phi) is 8.17. The Morgan fingerprint density at radius 3 is 2.57 bits per heavy atom. The summed E-state index contributed by atoms with van der Waals surface area (Å²) in [6, 6.07) is 13.3. The third-order valence-electron chi connectivity index (χ3n) is 4.47. The monoisotopic (exact) mass is 651 g/mol. The summed E-state index contributed by atoms with van der Waals surface area (Å²) in [4.78, 5) is 17.8. The minimum absolute atomic E-state index is 0.101. The molecule has 2 aromatic carbocycles. The van der Waals surface area contributed by atoms with E-state index >= 15 is 0 Å². The Morgan fingerprint density at radius 1 is 1.13 bits per heavy atom. The van der Waals surface area contributed by atoms with Crippen LogP contribution in [0.4, 0.5) is 0 Å². The van der Waals surface area contributed by atoms with Crippen LogP contribution in [0.15, 0.2) is 48.7 Å². The number of esters is 1. The van der Waals surface area contributed by atoms with Gasteiger partial charge in [-0.05, 0) is 76.7 Å². The maximum atomic E-state index is 13.3. The van der Waals surface area contributed by atoms with Crippen LogP contribution in [0.5, 0.6) is 5.75 Å². The van der Waals surface area contributed by atoms with E-state index in [4.69, 9.17) is 25.8 Å². The van der Waals surface area contributed by atoms with Gasteiger partial charge in [0.15, 0.2) is 0 Å². The number of hydrogen-bond acceptors (Lipinski definition) is 5. The molecule has 3 aromatic rings. The summed E-state index contributed by atoms with van der Waals surface area (Å²) in [5.41, 5.74) is 1.23. The van der Waals surface area contributed by atoms with E-state index in [-0.39, 0.29) is 6.07 Å². The van der Waals surface area contributed by atoms with Gasteiger partial charge in [-0.15, -0.1) is 0 Å². The maximum Gasteiger partial charge on any atom is 0.339 e. The number of ether oxygens (including phenoxy) is 3. The molecule has 0 aliphatic carbocycles. The van der Waals surface area contributed by atoms with Crippen LogP contribution in [0.25, 0.3) is 10.9 Å². The van der Waals surface area contributed by atoms with Gasteiger partial charge in [-0.3, -0.25) is 4.98 Å². The van der Waals surface area contributed by atoms with Crippen molar-refractivity contribution in [2.24, 2.45) is 0 Å². The van der Waals surface area contributed by atoms with Gasteiger partial charge in [-0.25, -0.2) is 4.79 Å². The summed E-state index contributed by atoms with van der Waals surface area (Å²) in [6.45, 7) is 4.40. The average molecular weight is 652 g/mol. The second kappa shape index (κ2) is 10.4. The molecule has 0 amide bonds. The average Bonchev–Trinajstić information content (AvgIpc) is 2.73. The molecule has 158 valence electrons. The van der Waals surface area contributed by atoms with Crippen LogP contribution in [0, 0.1) is 7.14 Å². The van der Waals surface area contributed by atoms with Crippen LogP contribution in [0.1, 0.15) is 29.8 Å². The van der Waals surface area contributed by atoms with Crippen LogP contribution in [-0.2, 0) is 15.1 Å². The smallest absolute Gasteiger partial charge is 0.339 e. The predicted octanol–water partition coefficient (Wildman–Crippen LogP) is 6.13. The van der Waals surface area contributed by atoms with Crippen LogP contribution < -0.4 is 4.74 Å². The molecular weight excluding hydrogens is 632 g/mol. The maximum absolute atomic E-state index is 13.3. The lowest BCUT2D eigenvalue weighted by molar-refractivity contribution is -0.00295. The molecule has 1 heterocycles. The number of halogens is 3. The van der Waals surface area contributed by atoms with Crippen molar-refractivity contribution in [1.82, 2.24) is 4.98 Å². The van der Waals surface area contributed by atoms with Gasteiger partial charge in [0.25, 0.3) is 0 Å². The molecule has 0 N–H and O–H groups in total. The summed E-state index contributed by atoms with van der Waals surface area (Å²) < 4.78 is 18.7. The Hall–Kier alpha value is -1.17. The first kappa shape index (κ1) is 23.5. The molecule has 0 aliphatic heterocycles. The summed E-state index contributed by atoms with van der Waals surface area (Å²) >= 11 is 9.93. The summed E-state index contributed by atoms with van der Waals surface area (Å²) in [6.07, 6.45) is 1.72. The van der Waals surface area contributed by atoms with Crippen molar-refractivity contribution >= 4 is 73.7 Å². The van der Waals surface area contributed by atoms with Crippen molar-refractivity contribution in [1.29, 1.82) is 0 Å². The fourth-order valence-corrected chi connectivity index (χ4v) is 4.50. The number of carbonyl (C=O) groups is 1. The van der Waals surface area contributed by atoms with E-state index in [2.05, 4.69) is 50.2 Å². The van der Waals surface area contributed by atoms with Gasteiger partial charge in [0.1, 0.15) is 24.0 Å². The van der Waals surface area contributed by atoms with Crippen LogP contribution in [0.3, 0.4) is 0 Å². The first-order chi connectivity index (χ1) is 14.3. The Labute approximate surface area is 207 Å². The molecule has 0 spiro atoms. The summed E-state index contributed by atoms with van der Waals surface area (Å²) in [7, 11) is 0. The number of benzene rings is 2. The highest BCUT2D eigenvalue weighted by Crippen LogP contribution is 2.35. The van der Waals surface area contributed by atoms with Crippen molar-refractivity contribution < 1.29 is 19.0 Å². The first-order valence-corrected chi connectivity index (χ1v) is 11.9. The second-order valence-corrected chi connectivity index (χ2v) is 9.34. The van der Waals surface area contributed by atoms with Crippen molar-refractivity contribution in [3.63, 3.8) is 0 Å². The van der Waals surface area contributed by atoms with Crippen LogP contribution in [0.2, 0.25) is 0 Å². The van der Waals surface area contributed by atoms with E-state index in [0.29, 0.717) is 30.0 Å². The molecular formula is C22H20ClI2NO4. The van der Waals surface area contributed by atoms with Gasteiger partial charge in [-0.1, -0.05) is 41.9 Å². The third-order valence-corrected chi connectivity index (χ3v) is 6.56. The number of hydrogen-bond donors (Lipinski definition) is 0. The van der Waals surface area contributed by atoms with E-state index in [1.807, 2.05) is 50.2 Å². The number of carbonyl (C=O) groups excluding carboxylic acids is 1. The highest BCUT2D eigenvalue weighted by Gasteiger charge is 2.28. The molecule has 1 aromatic heterocycles. The standard InChI is InChI=1S/C22H20ClI2NO4/c1-22(2,14-6-4-3-5-7-14)30-21(27)15-12-17(29-11-10-28-13-23)19(25)20-18(15)16(24)8-9-26-20/h3-9,12H,10-11,13H2,1-2H3. The zero-order chi connectivity index (χ0) is 21.7. The SMILES string of the molecule is CC(C)(OC(=O)c1cc(OCCOCCl)c(I)c2nccc(I)c12)c1ccccc1. The molecule has 3 rings (SSSR count). The van der Waals surface area contributed by atoms with E-state index in [0.717, 1.165) is 18.1 Å². The first-order valence-electron chi connectivity index (χ1n) is 9.17. The zero-order valence-electron chi connectivity index (χ0n) is 16.5. The number of nitrogens with zero attached hydrogens (tertiary/aromatic N) is 1. The largest absolute Gasteiger partial charge is 0.490 e. The van der Waals surface area contributed by atoms with Crippen molar-refractivity contribution in [2.45, 2.75) is 19.4 Å². The molecule has 0 saturated carbocycles. The van der Waals surface area contributed by atoms with E-state index in [9.17, 15) is 4.79 Å². The molecule has 8 heteroatoms. The number of fused-ring (bicyclic) bond motifs is 1. The molecule has 0 fully saturated rings. The second-order valence-electron chi connectivity index (χ2n) is 6.88. The van der Waals surface area contributed by atoms with Crippen LogP contribution in [-0.4, -0.2) is 30.2 Å². The van der Waals surface area contributed by atoms with Gasteiger partial charge in [0, 0.05) is 15.2 Å². The van der Waals surface area contributed by atoms with E-state index in [1.165, 1.54) is 0 Å². The minimum atomic E-state index is -0.795. The third kappa shape index (κ3) is 5.35. The lowest BCUT2D eigenvalue weighted by atomic mass is 9.98. The predicted molar refractivity (Wildman–Crippen MR) is 134 cm³/mol. The Bertz CT molecular complexity index is 1040. The highest BCUT2D eigenvalue weighted by molar-refractivity contribution is 14.1. The molecule has 0 bridgehead atoms. The summed E-state index contributed by atoms with van der Waals surface area (Å²) in [5.74, 6) is 0.123. The number of pyridine rings is 1. The van der Waals surface area contributed by atoms with Crippen molar-refractivity contribution in [3.8, 4) is 5.75 Å². The Balaban J connectivity index is 2.00. The minimum Gasteiger partial charge on any atom is -0.490 e. The summed E-state index contributed by atoms with van der Waals surface area (Å²) in [5, 5.41) is 0.751. The Morgan fingerprint density at radius 2 is 1.87 bits per heavy atom. The van der Waals surface area contributed by atoms with Crippen molar-refractivity contribution in [3.05, 3.63) is 66.9 Å². The fourth-order valence-electron chi connectivity index (χ4n) is 2.96. The molecule has 0 saturated heterocycles. The van der Waals surface area contributed by atoms with Gasteiger partial charge < -0.3 is 14.2 Å². The molecule has 0 aliphatic rings. The lowest BCUT2D eigenvalue weighted by Gasteiger charge is -2.26. The number of rotatable bonds is 8. The molecule has 0 unspecified atom stereocenters. The van der Waals surface area contributed by atoms with Gasteiger partial charge in [0.2, 0.25) is 0 Å². The molecule has 0 radical (unpaired) electrons. The van der Waals surface area contributed by atoms with Gasteiger partial charge in [0.05, 0.1) is 21.3 Å². The lowest BCUT2D eigenvalue weighted by Crippen LogP contribution is -2.26. The fraction of sp³-hybridized carbons (Fsp3) is 0.273. The highest BCUT2D eigenvalue weighted by atomic mass is 127. The van der Waals surface area contributed by atoms with Crippen molar-refractivity contribution in [2.75, 3.05) is 19.3 Å². The number of aromatic nitrogens is 1.